The molecule has 2 aliphatic carbocycles. The van der Waals surface area contributed by atoms with Crippen LogP contribution in [0.4, 0.5) is 0 Å². The Hall–Kier alpha value is -2.35. The van der Waals surface area contributed by atoms with Gasteiger partial charge in [0.15, 0.2) is 0 Å². The van der Waals surface area contributed by atoms with E-state index in [1.165, 1.54) is 73.5 Å². The molecule has 146 valence electrons. The van der Waals surface area contributed by atoms with Gasteiger partial charge >= 0.3 is 5.97 Å². The number of hydrogen-bond donors (Lipinski definition) is 0. The summed E-state index contributed by atoms with van der Waals surface area (Å²) in [6.45, 7) is 0. The molecule has 2 aromatic carbocycles. The first-order chi connectivity index (χ1) is 13.7. The average Bonchev–Trinajstić information content (AvgIpc) is 2.96. The van der Waals surface area contributed by atoms with E-state index < -0.39 is 0 Å². The molecule has 1 fully saturated rings. The number of carbonyl (C=O) groups excluding carboxylic acids is 1. The van der Waals surface area contributed by atoms with Gasteiger partial charge in [0.1, 0.15) is 0 Å². The monoisotopic (exact) mass is 374 g/mol. The van der Waals surface area contributed by atoms with Crippen LogP contribution in [0.2, 0.25) is 0 Å². The van der Waals surface area contributed by atoms with Gasteiger partial charge < -0.3 is 4.74 Å². The lowest BCUT2D eigenvalue weighted by Crippen LogP contribution is -2.09. The van der Waals surface area contributed by atoms with Crippen LogP contribution < -0.4 is 0 Å². The molecule has 0 N–H and O–H groups in total. The number of rotatable bonds is 4. The van der Waals surface area contributed by atoms with E-state index in [1.807, 2.05) is 12.1 Å². The Kier molecular flexibility index (Phi) is 5.95. The quantitative estimate of drug-likeness (QED) is 0.582. The van der Waals surface area contributed by atoms with Crippen molar-refractivity contribution in [3.63, 3.8) is 0 Å². The number of esters is 1. The first-order valence-corrected chi connectivity index (χ1v) is 10.8. The Morgan fingerprint density at radius 1 is 1.00 bits per heavy atom. The number of methoxy groups -OCH3 is 1. The molecule has 2 aliphatic rings. The van der Waals surface area contributed by atoms with E-state index in [4.69, 9.17) is 4.74 Å². The second-order valence-corrected chi connectivity index (χ2v) is 8.28. The molecule has 2 heteroatoms. The summed E-state index contributed by atoms with van der Waals surface area (Å²) in [6.07, 6.45) is 13.8. The van der Waals surface area contributed by atoms with Gasteiger partial charge in [0.25, 0.3) is 0 Å². The van der Waals surface area contributed by atoms with E-state index in [0.717, 1.165) is 25.2 Å². The molecule has 0 atom stereocenters. The predicted octanol–water partition coefficient (Wildman–Crippen LogP) is 6.36. The fourth-order valence-corrected chi connectivity index (χ4v) is 4.78. The molecule has 2 aromatic rings. The summed E-state index contributed by atoms with van der Waals surface area (Å²) < 4.78 is 4.89. The van der Waals surface area contributed by atoms with Gasteiger partial charge in [0.2, 0.25) is 0 Å². The molecule has 0 saturated heterocycles. The minimum absolute atomic E-state index is 0.260. The molecule has 28 heavy (non-hydrogen) atoms. The van der Waals surface area contributed by atoms with Crippen molar-refractivity contribution in [1.29, 1.82) is 0 Å². The van der Waals surface area contributed by atoms with Crippen molar-refractivity contribution in [1.82, 2.24) is 0 Å². The van der Waals surface area contributed by atoms with E-state index >= 15 is 0 Å². The molecule has 0 aliphatic heterocycles. The van der Waals surface area contributed by atoms with Gasteiger partial charge in [-0.25, -0.2) is 4.79 Å². The van der Waals surface area contributed by atoms with Crippen LogP contribution in [0.25, 0.3) is 5.57 Å². The van der Waals surface area contributed by atoms with Crippen LogP contribution >= 0.6 is 0 Å². The van der Waals surface area contributed by atoms with Gasteiger partial charge in [-0.3, -0.25) is 0 Å². The summed E-state index contributed by atoms with van der Waals surface area (Å²) in [5, 5.41) is 0. The molecular formula is C26H30O2. The molecule has 0 unspecified atom stereocenters. The van der Waals surface area contributed by atoms with Gasteiger partial charge in [-0.2, -0.15) is 0 Å². The maximum Gasteiger partial charge on any atom is 0.337 e. The summed E-state index contributed by atoms with van der Waals surface area (Å²) in [5.74, 6) is 0.610. The lowest BCUT2D eigenvalue weighted by atomic mass is 9.84. The second kappa shape index (κ2) is 8.77. The molecule has 2 nitrogen and oxygen atoms in total. The second-order valence-electron chi connectivity index (χ2n) is 8.28. The third-order valence-electron chi connectivity index (χ3n) is 6.33. The van der Waals surface area contributed by atoms with Gasteiger partial charge in [-0.1, -0.05) is 68.5 Å². The third-order valence-corrected chi connectivity index (χ3v) is 6.33. The highest BCUT2D eigenvalue weighted by Crippen LogP contribution is 2.33. The van der Waals surface area contributed by atoms with Crippen molar-refractivity contribution in [3.8, 4) is 0 Å². The van der Waals surface area contributed by atoms with E-state index in [2.05, 4.69) is 36.4 Å². The van der Waals surface area contributed by atoms with E-state index in [-0.39, 0.29) is 5.97 Å². The number of aryl methyl sites for hydroxylation is 1. The highest BCUT2D eigenvalue weighted by atomic mass is 16.5. The van der Waals surface area contributed by atoms with Crippen LogP contribution in [0.1, 0.15) is 77.6 Å². The van der Waals surface area contributed by atoms with E-state index in [1.54, 1.807) is 0 Å². The number of benzene rings is 2. The topological polar surface area (TPSA) is 26.3 Å². The van der Waals surface area contributed by atoms with Crippen LogP contribution in [0.15, 0.2) is 48.5 Å². The first-order valence-electron chi connectivity index (χ1n) is 10.8. The van der Waals surface area contributed by atoms with Crippen molar-refractivity contribution in [2.24, 2.45) is 5.92 Å². The largest absolute Gasteiger partial charge is 0.465 e. The summed E-state index contributed by atoms with van der Waals surface area (Å²) in [5.41, 5.74) is 7.19. The predicted molar refractivity (Wildman–Crippen MR) is 115 cm³/mol. The zero-order valence-corrected chi connectivity index (χ0v) is 16.9. The van der Waals surface area contributed by atoms with Crippen LogP contribution in [-0.4, -0.2) is 13.1 Å². The SMILES string of the molecule is COC(=O)c1ccc2c(c1)CCCC=C2c1ccc(CC2CCCCC2)cc1. The number of hydrogen-bond acceptors (Lipinski definition) is 2. The summed E-state index contributed by atoms with van der Waals surface area (Å²) >= 11 is 0. The molecule has 0 aromatic heterocycles. The van der Waals surface area contributed by atoms with Crippen molar-refractivity contribution < 1.29 is 9.53 Å². The fourth-order valence-electron chi connectivity index (χ4n) is 4.78. The van der Waals surface area contributed by atoms with Gasteiger partial charge in [-0.05, 0) is 71.6 Å². The summed E-state index contributed by atoms with van der Waals surface area (Å²) in [7, 11) is 1.44. The normalized spacial score (nSPS) is 17.4. The maximum atomic E-state index is 11.9. The zero-order chi connectivity index (χ0) is 19.3. The Bertz CT molecular complexity index is 855. The molecule has 0 amide bonds. The Morgan fingerprint density at radius 3 is 2.54 bits per heavy atom. The smallest absolute Gasteiger partial charge is 0.337 e. The lowest BCUT2D eigenvalue weighted by Gasteiger charge is -2.21. The highest BCUT2D eigenvalue weighted by molar-refractivity contribution is 5.91. The number of ether oxygens (including phenoxy) is 1. The van der Waals surface area contributed by atoms with Gasteiger partial charge in [0.05, 0.1) is 12.7 Å². The maximum absolute atomic E-state index is 11.9. The molecule has 0 radical (unpaired) electrons. The molecule has 0 heterocycles. The van der Waals surface area contributed by atoms with Crippen molar-refractivity contribution in [2.75, 3.05) is 7.11 Å². The Labute approximate surface area is 168 Å². The number of allylic oxidation sites excluding steroid dienone is 1. The molecule has 1 saturated carbocycles. The fraction of sp³-hybridized carbons (Fsp3) is 0.423. The van der Waals surface area contributed by atoms with Crippen molar-refractivity contribution in [3.05, 3.63) is 76.4 Å². The van der Waals surface area contributed by atoms with E-state index in [0.29, 0.717) is 5.56 Å². The lowest BCUT2D eigenvalue weighted by molar-refractivity contribution is 0.0600. The van der Waals surface area contributed by atoms with Crippen LogP contribution in [0.5, 0.6) is 0 Å². The Balaban J connectivity index is 1.57. The zero-order valence-electron chi connectivity index (χ0n) is 16.9. The van der Waals surface area contributed by atoms with E-state index in [9.17, 15) is 4.79 Å². The first kappa shape index (κ1) is 19.0. The van der Waals surface area contributed by atoms with Gasteiger partial charge in [0, 0.05) is 0 Å². The van der Waals surface area contributed by atoms with Gasteiger partial charge in [-0.15, -0.1) is 0 Å². The van der Waals surface area contributed by atoms with Crippen molar-refractivity contribution >= 4 is 11.5 Å². The Morgan fingerprint density at radius 2 is 1.79 bits per heavy atom. The van der Waals surface area contributed by atoms with Crippen LogP contribution in [0, 0.1) is 5.92 Å². The van der Waals surface area contributed by atoms with Crippen LogP contribution in [0.3, 0.4) is 0 Å². The summed E-state index contributed by atoms with van der Waals surface area (Å²) in [6, 6.07) is 15.2. The standard InChI is InChI=1S/C26H30O2/c1-28-26(27)23-15-16-25-22(18-23)9-5-6-10-24(25)21-13-11-20(12-14-21)17-19-7-3-2-4-8-19/h10-16,18-19H,2-9,17H2,1H3. The minimum Gasteiger partial charge on any atom is -0.465 e. The number of fused-ring (bicyclic) bond motifs is 1. The molecule has 0 bridgehead atoms. The van der Waals surface area contributed by atoms with Crippen molar-refractivity contribution in [2.45, 2.75) is 57.8 Å². The molecule has 4 rings (SSSR count). The molecule has 0 spiro atoms. The minimum atomic E-state index is -0.260. The summed E-state index contributed by atoms with van der Waals surface area (Å²) in [4.78, 5) is 11.9. The molecular weight excluding hydrogens is 344 g/mol. The van der Waals surface area contributed by atoms with Crippen LogP contribution in [-0.2, 0) is 17.6 Å². The average molecular weight is 375 g/mol. The third kappa shape index (κ3) is 4.22. The number of carbonyl (C=O) groups is 1. The highest BCUT2D eigenvalue weighted by Gasteiger charge is 2.17.